The Bertz CT molecular complexity index is 1180. The number of pyridine rings is 2. The number of carbonyl (C=O) groups excluding carboxylic acids is 1. The molecule has 0 aliphatic carbocycles. The van der Waals surface area contributed by atoms with E-state index in [-0.39, 0.29) is 17.4 Å². The van der Waals surface area contributed by atoms with E-state index in [1.54, 1.807) is 44.2 Å². The summed E-state index contributed by atoms with van der Waals surface area (Å²) in [6.45, 7) is 4.43. The third-order valence-corrected chi connectivity index (χ3v) is 5.21. The van der Waals surface area contributed by atoms with Gasteiger partial charge >= 0.3 is 6.03 Å². The topological polar surface area (TPSA) is 124 Å². The molecule has 3 aromatic heterocycles. The predicted octanol–water partition coefficient (Wildman–Crippen LogP) is 2.36. The van der Waals surface area contributed by atoms with Gasteiger partial charge in [0.2, 0.25) is 5.88 Å². The molecule has 188 valence electrons. The van der Waals surface area contributed by atoms with E-state index in [1.807, 2.05) is 19.1 Å². The first-order valence-corrected chi connectivity index (χ1v) is 11.6. The fourth-order valence-corrected chi connectivity index (χ4v) is 3.34. The van der Waals surface area contributed by atoms with E-state index < -0.39 is 0 Å². The van der Waals surface area contributed by atoms with Crippen LogP contribution in [0.25, 0.3) is 22.3 Å². The van der Waals surface area contributed by atoms with Crippen LogP contribution in [0.2, 0.25) is 0 Å². The highest BCUT2D eigenvalue weighted by atomic mass is 16.5. The zero-order valence-corrected chi connectivity index (χ0v) is 20.7. The first kappa shape index (κ1) is 25.9. The SMILES string of the molecule is CCCOCCn1c(=O)c(NCCCNC(=O)N(C)C)nc2cnc(-c3ccc(OC)nc3)cc21. The second kappa shape index (κ2) is 12.7. The molecule has 0 aliphatic rings. The van der Waals surface area contributed by atoms with Gasteiger partial charge in [-0.1, -0.05) is 6.92 Å². The maximum Gasteiger partial charge on any atom is 0.316 e. The minimum absolute atomic E-state index is 0.155. The first-order chi connectivity index (χ1) is 16.9. The number of hydrogen-bond acceptors (Lipinski definition) is 8. The third kappa shape index (κ3) is 6.89. The predicted molar refractivity (Wildman–Crippen MR) is 135 cm³/mol. The Morgan fingerprint density at radius 1 is 1.14 bits per heavy atom. The van der Waals surface area contributed by atoms with Crippen molar-refractivity contribution in [2.75, 3.05) is 52.8 Å². The Kier molecular flexibility index (Phi) is 9.36. The molecule has 0 saturated carbocycles. The summed E-state index contributed by atoms with van der Waals surface area (Å²) in [6, 6.07) is 5.31. The van der Waals surface area contributed by atoms with Crippen LogP contribution in [0.1, 0.15) is 19.8 Å². The van der Waals surface area contributed by atoms with Crippen LogP contribution in [0.3, 0.4) is 0 Å². The number of nitrogens with zero attached hydrogens (tertiary/aromatic N) is 5. The highest BCUT2D eigenvalue weighted by molar-refractivity contribution is 5.80. The number of hydrogen-bond donors (Lipinski definition) is 2. The number of urea groups is 1. The smallest absolute Gasteiger partial charge is 0.316 e. The lowest BCUT2D eigenvalue weighted by Crippen LogP contribution is -2.35. The third-order valence-electron chi connectivity index (χ3n) is 5.21. The molecular formula is C24H33N7O4. The van der Waals surface area contributed by atoms with Gasteiger partial charge in [0.05, 0.1) is 31.1 Å². The normalized spacial score (nSPS) is 10.9. The van der Waals surface area contributed by atoms with Crippen molar-refractivity contribution in [1.29, 1.82) is 0 Å². The second-order valence-electron chi connectivity index (χ2n) is 8.08. The van der Waals surface area contributed by atoms with Gasteiger partial charge in [0.15, 0.2) is 5.82 Å². The Morgan fingerprint density at radius 2 is 1.97 bits per heavy atom. The summed E-state index contributed by atoms with van der Waals surface area (Å²) >= 11 is 0. The molecule has 3 aromatic rings. The van der Waals surface area contributed by atoms with Crippen LogP contribution < -0.4 is 20.9 Å². The monoisotopic (exact) mass is 483 g/mol. The van der Waals surface area contributed by atoms with Crippen molar-refractivity contribution in [2.24, 2.45) is 0 Å². The van der Waals surface area contributed by atoms with Crippen LogP contribution >= 0.6 is 0 Å². The van der Waals surface area contributed by atoms with Crippen molar-refractivity contribution < 1.29 is 14.3 Å². The molecule has 3 heterocycles. The highest BCUT2D eigenvalue weighted by Gasteiger charge is 2.13. The molecule has 0 bridgehead atoms. The van der Waals surface area contributed by atoms with Gasteiger partial charge < -0.3 is 29.6 Å². The minimum atomic E-state index is -0.236. The van der Waals surface area contributed by atoms with Gasteiger partial charge in [-0.3, -0.25) is 9.78 Å². The summed E-state index contributed by atoms with van der Waals surface area (Å²) in [5.74, 6) is 0.755. The maximum atomic E-state index is 13.3. The number of methoxy groups -OCH3 is 1. The number of anilines is 1. The molecule has 11 heteroatoms. The second-order valence-corrected chi connectivity index (χ2v) is 8.08. The molecule has 0 saturated heterocycles. The first-order valence-electron chi connectivity index (χ1n) is 11.6. The summed E-state index contributed by atoms with van der Waals surface area (Å²) in [6.07, 6.45) is 4.88. The highest BCUT2D eigenvalue weighted by Crippen LogP contribution is 2.22. The number of ether oxygens (including phenoxy) is 2. The Balaban J connectivity index is 1.85. The van der Waals surface area contributed by atoms with E-state index in [0.717, 1.165) is 12.0 Å². The zero-order valence-electron chi connectivity index (χ0n) is 20.7. The quantitative estimate of drug-likeness (QED) is 0.376. The Morgan fingerprint density at radius 3 is 2.66 bits per heavy atom. The van der Waals surface area contributed by atoms with Crippen molar-refractivity contribution in [1.82, 2.24) is 29.7 Å². The molecule has 0 aliphatic heterocycles. The number of carbonyl (C=O) groups is 1. The lowest BCUT2D eigenvalue weighted by Gasteiger charge is -2.15. The van der Waals surface area contributed by atoms with Gasteiger partial charge in [0.1, 0.15) is 5.52 Å². The molecule has 0 spiro atoms. The standard InChI is InChI=1S/C24H33N7O4/c1-5-12-35-13-11-31-20-14-18(17-7-8-21(34-4)28-15-17)27-16-19(20)29-22(23(31)32)25-9-6-10-26-24(33)30(2)3/h7-8,14-16H,5-6,9-13H2,1-4H3,(H,25,29)(H,26,33). The van der Waals surface area contributed by atoms with Gasteiger partial charge in [-0.2, -0.15) is 0 Å². The van der Waals surface area contributed by atoms with Crippen LogP contribution in [0.5, 0.6) is 5.88 Å². The summed E-state index contributed by atoms with van der Waals surface area (Å²) in [4.78, 5) is 39.7. The molecule has 0 atom stereocenters. The number of amides is 2. The van der Waals surface area contributed by atoms with Gasteiger partial charge in [0.25, 0.3) is 5.56 Å². The van der Waals surface area contributed by atoms with E-state index in [2.05, 4.69) is 25.6 Å². The summed E-state index contributed by atoms with van der Waals surface area (Å²) in [5.41, 5.74) is 2.50. The van der Waals surface area contributed by atoms with Crippen LogP contribution in [0, 0.1) is 0 Å². The molecular weight excluding hydrogens is 450 g/mol. The molecule has 0 radical (unpaired) electrons. The van der Waals surface area contributed by atoms with Gasteiger partial charge in [-0.15, -0.1) is 0 Å². The van der Waals surface area contributed by atoms with Crippen LogP contribution in [0.15, 0.2) is 35.4 Å². The van der Waals surface area contributed by atoms with E-state index in [4.69, 9.17) is 9.47 Å². The average molecular weight is 484 g/mol. The molecule has 11 nitrogen and oxygen atoms in total. The number of nitrogens with one attached hydrogen (secondary N) is 2. The molecule has 0 aromatic carbocycles. The molecule has 0 fully saturated rings. The maximum absolute atomic E-state index is 13.3. The lowest BCUT2D eigenvalue weighted by molar-refractivity contribution is 0.127. The fraction of sp³-hybridized carbons (Fsp3) is 0.458. The average Bonchev–Trinajstić information content (AvgIpc) is 2.87. The van der Waals surface area contributed by atoms with Crippen molar-refractivity contribution in [2.45, 2.75) is 26.3 Å². The van der Waals surface area contributed by atoms with E-state index in [1.165, 1.54) is 4.90 Å². The molecule has 3 rings (SSSR count). The summed E-state index contributed by atoms with van der Waals surface area (Å²) in [7, 11) is 4.93. The van der Waals surface area contributed by atoms with Crippen LogP contribution in [0.4, 0.5) is 10.6 Å². The Labute approximate surface area is 204 Å². The molecule has 0 unspecified atom stereocenters. The number of aromatic nitrogens is 4. The number of rotatable bonds is 12. The zero-order chi connectivity index (χ0) is 25.2. The lowest BCUT2D eigenvalue weighted by atomic mass is 10.2. The van der Waals surface area contributed by atoms with Crippen LogP contribution in [-0.4, -0.2) is 78.0 Å². The van der Waals surface area contributed by atoms with Crippen molar-refractivity contribution >= 4 is 22.9 Å². The van der Waals surface area contributed by atoms with E-state index in [9.17, 15) is 9.59 Å². The molecule has 2 N–H and O–H groups in total. The Hall–Kier alpha value is -3.73. The van der Waals surface area contributed by atoms with Crippen molar-refractivity contribution in [3.8, 4) is 17.1 Å². The minimum Gasteiger partial charge on any atom is -0.481 e. The largest absolute Gasteiger partial charge is 0.481 e. The van der Waals surface area contributed by atoms with Crippen molar-refractivity contribution in [3.05, 3.63) is 40.9 Å². The van der Waals surface area contributed by atoms with Gasteiger partial charge in [0, 0.05) is 58.2 Å². The molecule has 35 heavy (non-hydrogen) atoms. The summed E-state index contributed by atoms with van der Waals surface area (Å²) in [5, 5.41) is 5.90. The van der Waals surface area contributed by atoms with Gasteiger partial charge in [-0.25, -0.2) is 14.8 Å². The van der Waals surface area contributed by atoms with E-state index in [0.29, 0.717) is 61.9 Å². The number of fused-ring (bicyclic) bond motifs is 1. The van der Waals surface area contributed by atoms with Crippen molar-refractivity contribution in [3.63, 3.8) is 0 Å². The molecule has 2 amide bonds. The van der Waals surface area contributed by atoms with E-state index >= 15 is 0 Å². The van der Waals surface area contributed by atoms with Crippen LogP contribution in [-0.2, 0) is 11.3 Å². The van der Waals surface area contributed by atoms with Gasteiger partial charge in [-0.05, 0) is 25.0 Å². The summed E-state index contributed by atoms with van der Waals surface area (Å²) < 4.78 is 12.4. The fourth-order valence-electron chi connectivity index (χ4n) is 3.34.